The first-order valence-electron chi connectivity index (χ1n) is 5.19. The van der Waals surface area contributed by atoms with Crippen LogP contribution in [0, 0.1) is 0 Å². The zero-order valence-corrected chi connectivity index (χ0v) is 8.31. The molecule has 0 saturated carbocycles. The van der Waals surface area contributed by atoms with Crippen LogP contribution in [-0.2, 0) is 4.74 Å². The van der Waals surface area contributed by atoms with Gasteiger partial charge in [0.05, 0.1) is 6.10 Å². The quantitative estimate of drug-likeness (QED) is 0.638. The molecule has 0 bridgehead atoms. The molecule has 1 heterocycles. The minimum absolute atomic E-state index is 0.423. The maximum atomic E-state index is 5.46. The third-order valence-electron chi connectivity index (χ3n) is 2.56. The monoisotopic (exact) mass is 171 g/mol. The molecule has 0 aromatic heterocycles. The van der Waals surface area contributed by atoms with Gasteiger partial charge in [0, 0.05) is 12.6 Å². The van der Waals surface area contributed by atoms with E-state index in [9.17, 15) is 0 Å². The summed E-state index contributed by atoms with van der Waals surface area (Å²) in [5.74, 6) is 0. The van der Waals surface area contributed by atoms with Crippen molar-refractivity contribution in [3.63, 3.8) is 0 Å². The van der Waals surface area contributed by atoms with Crippen LogP contribution in [0.2, 0.25) is 0 Å². The highest BCUT2D eigenvalue weighted by Gasteiger charge is 2.22. The van der Waals surface area contributed by atoms with Gasteiger partial charge < -0.3 is 10.1 Å². The van der Waals surface area contributed by atoms with Gasteiger partial charge in [0.2, 0.25) is 0 Å². The molecule has 0 amide bonds. The van der Waals surface area contributed by atoms with Crippen LogP contribution in [0.1, 0.15) is 39.5 Å². The normalized spacial score (nSPS) is 29.5. The Balaban J connectivity index is 1.98. The van der Waals surface area contributed by atoms with Crippen molar-refractivity contribution in [3.05, 3.63) is 0 Å². The van der Waals surface area contributed by atoms with Gasteiger partial charge in [-0.05, 0) is 26.3 Å². The van der Waals surface area contributed by atoms with Crippen molar-refractivity contribution in [1.82, 2.24) is 5.32 Å². The van der Waals surface area contributed by atoms with Gasteiger partial charge in [0.25, 0.3) is 0 Å². The first-order chi connectivity index (χ1) is 5.84. The van der Waals surface area contributed by atoms with Crippen LogP contribution in [0.3, 0.4) is 0 Å². The number of unbranched alkanes of at least 4 members (excludes halogenated alkanes) is 2. The number of nitrogens with one attached hydrogen (secondary N) is 1. The zero-order valence-electron chi connectivity index (χ0n) is 8.31. The predicted molar refractivity (Wildman–Crippen MR) is 51.3 cm³/mol. The van der Waals surface area contributed by atoms with Gasteiger partial charge in [-0.25, -0.2) is 0 Å². The van der Waals surface area contributed by atoms with Crippen molar-refractivity contribution < 1.29 is 4.74 Å². The Hall–Kier alpha value is -0.0800. The van der Waals surface area contributed by atoms with Crippen molar-refractivity contribution in [1.29, 1.82) is 0 Å². The molecule has 2 nitrogen and oxygen atoms in total. The van der Waals surface area contributed by atoms with Crippen LogP contribution in [-0.4, -0.2) is 25.3 Å². The molecule has 0 aromatic rings. The van der Waals surface area contributed by atoms with Crippen molar-refractivity contribution in [2.24, 2.45) is 0 Å². The second kappa shape index (κ2) is 5.55. The van der Waals surface area contributed by atoms with E-state index in [-0.39, 0.29) is 0 Å². The van der Waals surface area contributed by atoms with Crippen LogP contribution in [0.5, 0.6) is 0 Å². The summed E-state index contributed by atoms with van der Waals surface area (Å²) in [6.07, 6.45) is 5.56. The molecule has 12 heavy (non-hydrogen) atoms. The summed E-state index contributed by atoms with van der Waals surface area (Å²) < 4.78 is 5.46. The standard InChI is InChI=1S/C10H21NO/c1-3-4-5-7-11-10-6-8-12-9(10)2/h9-11H,3-8H2,1-2H3/t9-,10+/m1/s1. The van der Waals surface area contributed by atoms with E-state index in [4.69, 9.17) is 4.74 Å². The highest BCUT2D eigenvalue weighted by molar-refractivity contribution is 4.78. The van der Waals surface area contributed by atoms with Crippen LogP contribution in [0.25, 0.3) is 0 Å². The second-order valence-corrected chi connectivity index (χ2v) is 3.63. The smallest absolute Gasteiger partial charge is 0.0700 e. The Bertz CT molecular complexity index is 116. The lowest BCUT2D eigenvalue weighted by atomic mass is 10.1. The topological polar surface area (TPSA) is 21.3 Å². The lowest BCUT2D eigenvalue weighted by Crippen LogP contribution is -2.35. The fraction of sp³-hybridized carbons (Fsp3) is 1.00. The van der Waals surface area contributed by atoms with Gasteiger partial charge in [0.15, 0.2) is 0 Å². The molecule has 2 heteroatoms. The summed E-state index contributed by atoms with van der Waals surface area (Å²) in [5.41, 5.74) is 0. The van der Waals surface area contributed by atoms with Gasteiger partial charge in [-0.15, -0.1) is 0 Å². The van der Waals surface area contributed by atoms with Crippen molar-refractivity contribution >= 4 is 0 Å². The van der Waals surface area contributed by atoms with E-state index in [2.05, 4.69) is 19.2 Å². The molecule has 0 unspecified atom stereocenters. The van der Waals surface area contributed by atoms with E-state index < -0.39 is 0 Å². The summed E-state index contributed by atoms with van der Waals surface area (Å²) >= 11 is 0. The third kappa shape index (κ3) is 3.11. The summed E-state index contributed by atoms with van der Waals surface area (Å²) in [5, 5.41) is 3.54. The Labute approximate surface area is 75.7 Å². The average Bonchev–Trinajstić information content (AvgIpc) is 2.46. The van der Waals surface area contributed by atoms with E-state index in [0.717, 1.165) is 13.2 Å². The highest BCUT2D eigenvalue weighted by Crippen LogP contribution is 2.12. The first kappa shape index (κ1) is 10.0. The fourth-order valence-corrected chi connectivity index (χ4v) is 1.66. The van der Waals surface area contributed by atoms with Gasteiger partial charge in [0.1, 0.15) is 0 Å². The van der Waals surface area contributed by atoms with Gasteiger partial charge in [-0.3, -0.25) is 0 Å². The van der Waals surface area contributed by atoms with Crippen LogP contribution in [0.4, 0.5) is 0 Å². The highest BCUT2D eigenvalue weighted by atomic mass is 16.5. The maximum Gasteiger partial charge on any atom is 0.0700 e. The molecule has 1 saturated heterocycles. The van der Waals surface area contributed by atoms with Crippen LogP contribution in [0.15, 0.2) is 0 Å². The summed E-state index contributed by atoms with van der Waals surface area (Å²) in [6, 6.07) is 0.613. The van der Waals surface area contributed by atoms with Crippen LogP contribution >= 0.6 is 0 Å². The maximum absolute atomic E-state index is 5.46. The molecule has 1 aliphatic rings. The summed E-state index contributed by atoms with van der Waals surface area (Å²) in [7, 11) is 0. The SMILES string of the molecule is CCCCCN[C@H]1CCO[C@@H]1C. The molecule has 0 radical (unpaired) electrons. The van der Waals surface area contributed by atoms with Gasteiger partial charge in [-0.2, -0.15) is 0 Å². The zero-order chi connectivity index (χ0) is 8.81. The average molecular weight is 171 g/mol. The van der Waals surface area contributed by atoms with Crippen molar-refractivity contribution in [3.8, 4) is 0 Å². The Morgan fingerprint density at radius 3 is 2.83 bits per heavy atom. The van der Waals surface area contributed by atoms with E-state index >= 15 is 0 Å². The lowest BCUT2D eigenvalue weighted by molar-refractivity contribution is 0.113. The molecule has 0 spiro atoms. The van der Waals surface area contributed by atoms with E-state index in [1.807, 2.05) is 0 Å². The van der Waals surface area contributed by atoms with Gasteiger partial charge >= 0.3 is 0 Å². The predicted octanol–water partition coefficient (Wildman–Crippen LogP) is 1.94. The Morgan fingerprint density at radius 1 is 1.42 bits per heavy atom. The Kier molecular flexibility index (Phi) is 4.62. The number of hydrogen-bond acceptors (Lipinski definition) is 2. The lowest BCUT2D eigenvalue weighted by Gasteiger charge is -2.15. The molecule has 2 atom stereocenters. The van der Waals surface area contributed by atoms with E-state index in [1.165, 1.54) is 25.7 Å². The molecule has 1 aliphatic heterocycles. The molecule has 1 N–H and O–H groups in total. The number of hydrogen-bond donors (Lipinski definition) is 1. The van der Waals surface area contributed by atoms with Crippen molar-refractivity contribution in [2.75, 3.05) is 13.2 Å². The molecule has 1 rings (SSSR count). The molecular formula is C10H21NO. The van der Waals surface area contributed by atoms with Crippen LogP contribution < -0.4 is 5.32 Å². The molecule has 72 valence electrons. The van der Waals surface area contributed by atoms with Gasteiger partial charge in [-0.1, -0.05) is 19.8 Å². The third-order valence-corrected chi connectivity index (χ3v) is 2.56. The van der Waals surface area contributed by atoms with E-state index in [1.54, 1.807) is 0 Å². The summed E-state index contributed by atoms with van der Waals surface area (Å²) in [6.45, 7) is 6.49. The first-order valence-corrected chi connectivity index (χ1v) is 5.19. The number of rotatable bonds is 5. The van der Waals surface area contributed by atoms with E-state index in [0.29, 0.717) is 12.1 Å². The number of ether oxygens (including phenoxy) is 1. The molecule has 0 aromatic carbocycles. The summed E-state index contributed by atoms with van der Waals surface area (Å²) in [4.78, 5) is 0. The molecule has 1 fully saturated rings. The fourth-order valence-electron chi connectivity index (χ4n) is 1.66. The second-order valence-electron chi connectivity index (χ2n) is 3.63. The minimum Gasteiger partial charge on any atom is -0.377 e. The Morgan fingerprint density at radius 2 is 2.25 bits per heavy atom. The minimum atomic E-state index is 0.423. The van der Waals surface area contributed by atoms with Crippen molar-refractivity contribution in [2.45, 2.75) is 51.7 Å². The molecular weight excluding hydrogens is 150 g/mol. The largest absolute Gasteiger partial charge is 0.377 e. The molecule has 0 aliphatic carbocycles.